The van der Waals surface area contributed by atoms with Gasteiger partial charge in [0.2, 0.25) is 15.9 Å². The van der Waals surface area contributed by atoms with Crippen LogP contribution in [0.5, 0.6) is 5.75 Å². The van der Waals surface area contributed by atoms with Crippen molar-refractivity contribution in [2.75, 3.05) is 31.6 Å². The van der Waals surface area contributed by atoms with E-state index >= 15 is 0 Å². The molecule has 1 aliphatic heterocycles. The Morgan fingerprint density at radius 2 is 1.70 bits per heavy atom. The summed E-state index contributed by atoms with van der Waals surface area (Å²) in [5.74, 6) is -0.382. The second kappa shape index (κ2) is 10.4. The van der Waals surface area contributed by atoms with Crippen molar-refractivity contribution >= 4 is 27.6 Å². The molecule has 180 valence electrons. The van der Waals surface area contributed by atoms with Crippen molar-refractivity contribution in [3.05, 3.63) is 41.2 Å². The summed E-state index contributed by atoms with van der Waals surface area (Å²) < 4.78 is 38.6. The Bertz CT molecular complexity index is 1100. The third-order valence-electron chi connectivity index (χ3n) is 5.65. The predicted molar refractivity (Wildman–Crippen MR) is 124 cm³/mol. The van der Waals surface area contributed by atoms with Crippen molar-refractivity contribution in [1.29, 1.82) is 0 Å². The number of esters is 1. The number of amides is 1. The number of aryl methyl sites for hydroxylation is 2. The van der Waals surface area contributed by atoms with Crippen LogP contribution in [0.15, 0.2) is 29.2 Å². The van der Waals surface area contributed by atoms with Gasteiger partial charge in [-0.15, -0.1) is 0 Å². The molecule has 9 nitrogen and oxygen atoms in total. The maximum absolute atomic E-state index is 13.4. The van der Waals surface area contributed by atoms with E-state index in [-0.39, 0.29) is 42.0 Å². The molecule has 0 spiro atoms. The largest absolute Gasteiger partial charge is 0.494 e. The van der Waals surface area contributed by atoms with Crippen LogP contribution < -0.4 is 10.1 Å². The molecular weight excluding hydrogens is 446 g/mol. The molecule has 1 saturated heterocycles. The standard InChI is InChI=1S/C23H31N3O6S/c1-5-31-19-9-7-18(8-10-19)25-22(27)17-11-13-26(14-12-17)33(29,30)21-16(4)24-15(3)20(21)23(28)32-6-2/h7-10,17,24H,5-6,11-14H2,1-4H3,(H,25,27). The molecule has 0 radical (unpaired) electrons. The number of ether oxygens (including phenoxy) is 2. The first-order valence-electron chi connectivity index (χ1n) is 11.1. The number of carbonyl (C=O) groups is 2. The molecule has 1 fully saturated rings. The Hall–Kier alpha value is -2.85. The fourth-order valence-corrected chi connectivity index (χ4v) is 5.94. The van der Waals surface area contributed by atoms with Gasteiger partial charge in [0.05, 0.1) is 13.2 Å². The third kappa shape index (κ3) is 5.39. The van der Waals surface area contributed by atoms with E-state index in [0.29, 0.717) is 36.5 Å². The zero-order chi connectivity index (χ0) is 24.2. The number of H-pyrrole nitrogens is 1. The van der Waals surface area contributed by atoms with Gasteiger partial charge in [-0.05, 0) is 64.8 Å². The Balaban J connectivity index is 1.68. The number of nitrogens with one attached hydrogen (secondary N) is 2. The number of hydrogen-bond donors (Lipinski definition) is 2. The van der Waals surface area contributed by atoms with Crippen molar-refractivity contribution in [2.24, 2.45) is 5.92 Å². The van der Waals surface area contributed by atoms with Gasteiger partial charge in [-0.3, -0.25) is 4.79 Å². The molecule has 0 saturated carbocycles. The van der Waals surface area contributed by atoms with Crippen LogP contribution in [0.4, 0.5) is 5.69 Å². The lowest BCUT2D eigenvalue weighted by atomic mass is 9.97. The number of benzene rings is 1. The molecule has 3 rings (SSSR count). The molecule has 0 unspecified atom stereocenters. The summed E-state index contributed by atoms with van der Waals surface area (Å²) in [7, 11) is -3.93. The summed E-state index contributed by atoms with van der Waals surface area (Å²) >= 11 is 0. The molecule has 1 amide bonds. The SMILES string of the molecule is CCOC(=O)c1c(C)[nH]c(C)c1S(=O)(=O)N1CCC(C(=O)Nc2ccc(OCC)cc2)CC1. The van der Waals surface area contributed by atoms with Crippen molar-refractivity contribution in [2.45, 2.75) is 45.4 Å². The predicted octanol–water partition coefficient (Wildman–Crippen LogP) is 3.25. The Labute approximate surface area is 194 Å². The molecule has 0 atom stereocenters. The van der Waals surface area contributed by atoms with Gasteiger partial charge in [0.1, 0.15) is 16.2 Å². The summed E-state index contributed by atoms with van der Waals surface area (Å²) in [6.45, 7) is 7.94. The van der Waals surface area contributed by atoms with Gasteiger partial charge < -0.3 is 19.8 Å². The summed E-state index contributed by atoms with van der Waals surface area (Å²) in [4.78, 5) is 28.0. The number of sulfonamides is 1. The zero-order valence-corrected chi connectivity index (χ0v) is 20.3. The second-order valence-corrected chi connectivity index (χ2v) is 9.80. The monoisotopic (exact) mass is 477 g/mol. The minimum absolute atomic E-state index is 0.0456. The lowest BCUT2D eigenvalue weighted by Gasteiger charge is -2.30. The quantitative estimate of drug-likeness (QED) is 0.564. The van der Waals surface area contributed by atoms with Crippen molar-refractivity contribution in [1.82, 2.24) is 9.29 Å². The number of hydrogen-bond acceptors (Lipinski definition) is 6. The van der Waals surface area contributed by atoms with Gasteiger partial charge in [-0.1, -0.05) is 0 Å². The van der Waals surface area contributed by atoms with Crippen LogP contribution in [0.2, 0.25) is 0 Å². The van der Waals surface area contributed by atoms with Gasteiger partial charge in [-0.25, -0.2) is 13.2 Å². The minimum Gasteiger partial charge on any atom is -0.494 e. The first-order valence-corrected chi connectivity index (χ1v) is 12.5. The lowest BCUT2D eigenvalue weighted by molar-refractivity contribution is -0.120. The molecule has 2 N–H and O–H groups in total. The zero-order valence-electron chi connectivity index (χ0n) is 19.4. The number of aromatic amines is 1. The Morgan fingerprint density at radius 1 is 1.06 bits per heavy atom. The lowest BCUT2D eigenvalue weighted by Crippen LogP contribution is -2.41. The first kappa shape index (κ1) is 24.8. The number of carbonyl (C=O) groups excluding carboxylic acids is 2. The maximum Gasteiger partial charge on any atom is 0.341 e. The molecule has 2 heterocycles. The molecule has 33 heavy (non-hydrogen) atoms. The van der Waals surface area contributed by atoms with Gasteiger partial charge in [0.25, 0.3) is 0 Å². The van der Waals surface area contributed by atoms with E-state index < -0.39 is 16.0 Å². The van der Waals surface area contributed by atoms with Gasteiger partial charge in [0.15, 0.2) is 0 Å². The fourth-order valence-electron chi connectivity index (χ4n) is 4.06. The van der Waals surface area contributed by atoms with E-state index in [1.807, 2.05) is 6.92 Å². The van der Waals surface area contributed by atoms with E-state index in [4.69, 9.17) is 9.47 Å². The number of rotatable bonds is 8. The molecule has 1 aromatic heterocycles. The summed E-state index contributed by atoms with van der Waals surface area (Å²) in [6.07, 6.45) is 0.776. The first-order chi connectivity index (χ1) is 15.7. The molecule has 1 aromatic carbocycles. The Kier molecular flexibility index (Phi) is 7.80. The van der Waals surface area contributed by atoms with Crippen molar-refractivity contribution < 1.29 is 27.5 Å². The van der Waals surface area contributed by atoms with E-state index in [9.17, 15) is 18.0 Å². The highest BCUT2D eigenvalue weighted by Crippen LogP contribution is 2.31. The van der Waals surface area contributed by atoms with Gasteiger partial charge >= 0.3 is 5.97 Å². The molecule has 10 heteroatoms. The van der Waals surface area contributed by atoms with Crippen LogP contribution >= 0.6 is 0 Å². The number of anilines is 1. The van der Waals surface area contributed by atoms with Crippen molar-refractivity contribution in [3.8, 4) is 5.75 Å². The smallest absolute Gasteiger partial charge is 0.341 e. The van der Waals surface area contributed by atoms with Crippen LogP contribution in [0.3, 0.4) is 0 Å². The highest BCUT2D eigenvalue weighted by atomic mass is 32.2. The van der Waals surface area contributed by atoms with Crippen LogP contribution in [0, 0.1) is 19.8 Å². The van der Waals surface area contributed by atoms with Gasteiger partial charge in [-0.2, -0.15) is 4.31 Å². The molecule has 2 aromatic rings. The van der Waals surface area contributed by atoms with E-state index in [1.54, 1.807) is 45.0 Å². The fraction of sp³-hybridized carbons (Fsp3) is 0.478. The number of aromatic nitrogens is 1. The number of piperidine rings is 1. The average Bonchev–Trinajstić information content (AvgIpc) is 3.10. The topological polar surface area (TPSA) is 118 Å². The molecular formula is C23H31N3O6S. The van der Waals surface area contributed by atoms with Gasteiger partial charge in [0, 0.05) is 36.1 Å². The molecule has 0 aliphatic carbocycles. The highest BCUT2D eigenvalue weighted by Gasteiger charge is 2.37. The summed E-state index contributed by atoms with van der Waals surface area (Å²) in [6, 6.07) is 7.13. The van der Waals surface area contributed by atoms with Crippen molar-refractivity contribution in [3.63, 3.8) is 0 Å². The highest BCUT2D eigenvalue weighted by molar-refractivity contribution is 7.89. The maximum atomic E-state index is 13.4. The Morgan fingerprint density at radius 3 is 2.27 bits per heavy atom. The average molecular weight is 478 g/mol. The van der Waals surface area contributed by atoms with E-state index in [2.05, 4.69) is 10.3 Å². The number of nitrogens with zero attached hydrogens (tertiary/aromatic N) is 1. The third-order valence-corrected chi connectivity index (χ3v) is 7.72. The molecule has 0 bridgehead atoms. The molecule has 1 aliphatic rings. The normalized spacial score (nSPS) is 15.3. The second-order valence-electron chi connectivity index (χ2n) is 7.92. The van der Waals surface area contributed by atoms with Crippen LogP contribution in [-0.2, 0) is 19.6 Å². The summed E-state index contributed by atoms with van der Waals surface area (Å²) in [5.41, 5.74) is 1.56. The minimum atomic E-state index is -3.93. The van der Waals surface area contributed by atoms with Crippen LogP contribution in [0.1, 0.15) is 48.4 Å². The summed E-state index contributed by atoms with van der Waals surface area (Å²) in [5, 5.41) is 2.89. The van der Waals surface area contributed by atoms with E-state index in [1.165, 1.54) is 4.31 Å². The van der Waals surface area contributed by atoms with Crippen LogP contribution in [0.25, 0.3) is 0 Å². The van der Waals surface area contributed by atoms with E-state index in [0.717, 1.165) is 5.75 Å². The van der Waals surface area contributed by atoms with Crippen LogP contribution in [-0.4, -0.2) is 55.9 Å².